The van der Waals surface area contributed by atoms with Crippen LogP contribution in [0.3, 0.4) is 0 Å². The first-order chi connectivity index (χ1) is 13.0. The zero-order valence-electron chi connectivity index (χ0n) is 15.7. The zero-order valence-corrected chi connectivity index (χ0v) is 17.2. The number of carbonyl (C=O) groups excluding carboxylic acids is 1. The molecule has 1 aromatic heterocycles. The van der Waals surface area contributed by atoms with Gasteiger partial charge < -0.3 is 9.64 Å². The molecule has 0 unspecified atom stereocenters. The van der Waals surface area contributed by atoms with Crippen LogP contribution in [-0.2, 0) is 11.2 Å². The third kappa shape index (κ3) is 4.77. The molecule has 142 valence electrons. The van der Waals surface area contributed by atoms with Crippen LogP contribution in [0, 0.1) is 0 Å². The molecule has 7 heteroatoms. The quantitative estimate of drug-likeness (QED) is 0.658. The molecule has 0 spiro atoms. The van der Waals surface area contributed by atoms with Crippen LogP contribution >= 0.6 is 22.9 Å². The largest absolute Gasteiger partial charge is 0.497 e. The summed E-state index contributed by atoms with van der Waals surface area (Å²) in [5.41, 5.74) is 1.70. The Morgan fingerprint density at radius 1 is 1.22 bits per heavy atom. The van der Waals surface area contributed by atoms with Gasteiger partial charge in [0.05, 0.1) is 50.4 Å². The van der Waals surface area contributed by atoms with Gasteiger partial charge in [-0.3, -0.25) is 9.69 Å². The van der Waals surface area contributed by atoms with Gasteiger partial charge >= 0.3 is 0 Å². The van der Waals surface area contributed by atoms with Crippen LogP contribution in [0.15, 0.2) is 42.5 Å². The maximum atomic E-state index is 13.1. The molecule has 0 radical (unpaired) electrons. The fourth-order valence-corrected chi connectivity index (χ4v) is 4.00. The van der Waals surface area contributed by atoms with Gasteiger partial charge in [-0.25, -0.2) is 4.98 Å². The molecule has 0 fully saturated rings. The predicted molar refractivity (Wildman–Crippen MR) is 111 cm³/mol. The Morgan fingerprint density at radius 3 is 2.59 bits per heavy atom. The number of carbonyl (C=O) groups is 1. The Labute approximate surface area is 168 Å². The summed E-state index contributed by atoms with van der Waals surface area (Å²) in [5.74, 6) is 0.802. The van der Waals surface area contributed by atoms with Crippen LogP contribution in [0.2, 0.25) is 5.02 Å². The fraction of sp³-hybridized carbons (Fsp3) is 0.300. The van der Waals surface area contributed by atoms with Crippen molar-refractivity contribution in [2.75, 3.05) is 39.2 Å². The van der Waals surface area contributed by atoms with Crippen LogP contribution in [0.1, 0.15) is 5.56 Å². The molecule has 3 aromatic rings. The lowest BCUT2D eigenvalue weighted by atomic mass is 10.1. The van der Waals surface area contributed by atoms with Gasteiger partial charge in [0.25, 0.3) is 0 Å². The standard InChI is InChI=1S/C20H22ClN3O2S/c1-23(2)11-12-24(18(25)13-14-7-9-15(26-3)10-8-14)20-22-19-16(21)5-4-6-17(19)27-20/h4-10H,11-13H2,1-3H3/p+1. The van der Waals surface area contributed by atoms with Crippen LogP contribution in [0.25, 0.3) is 10.2 Å². The van der Waals surface area contributed by atoms with Crippen molar-refractivity contribution in [1.82, 2.24) is 4.98 Å². The van der Waals surface area contributed by atoms with E-state index in [1.807, 2.05) is 42.5 Å². The number of methoxy groups -OCH3 is 1. The maximum absolute atomic E-state index is 13.1. The van der Waals surface area contributed by atoms with Crippen molar-refractivity contribution in [3.63, 3.8) is 0 Å². The highest BCUT2D eigenvalue weighted by Crippen LogP contribution is 2.33. The Balaban J connectivity index is 1.86. The van der Waals surface area contributed by atoms with Gasteiger partial charge in [0.2, 0.25) is 5.91 Å². The molecule has 0 saturated heterocycles. The number of para-hydroxylation sites is 1. The van der Waals surface area contributed by atoms with Gasteiger partial charge in [-0.05, 0) is 29.8 Å². The molecule has 1 N–H and O–H groups in total. The van der Waals surface area contributed by atoms with E-state index in [0.717, 1.165) is 28.1 Å². The van der Waals surface area contributed by atoms with E-state index in [2.05, 4.69) is 19.1 Å². The topological polar surface area (TPSA) is 46.9 Å². The SMILES string of the molecule is COc1ccc(CC(=O)N(CC[NH+](C)C)c2nc3c(Cl)cccc3s2)cc1. The second-order valence-corrected chi connectivity index (χ2v) is 8.03. The molecule has 1 amide bonds. The number of thiazole rings is 1. The van der Waals surface area contributed by atoms with E-state index in [-0.39, 0.29) is 5.91 Å². The van der Waals surface area contributed by atoms with E-state index in [9.17, 15) is 4.79 Å². The van der Waals surface area contributed by atoms with Crippen molar-refractivity contribution >= 4 is 44.2 Å². The minimum absolute atomic E-state index is 0.0246. The molecule has 2 aromatic carbocycles. The smallest absolute Gasteiger partial charge is 0.233 e. The fourth-order valence-electron chi connectivity index (χ4n) is 2.69. The molecule has 0 aliphatic heterocycles. The molecule has 0 bridgehead atoms. The van der Waals surface area contributed by atoms with Crippen LogP contribution in [0.4, 0.5) is 5.13 Å². The van der Waals surface area contributed by atoms with Crippen molar-refractivity contribution in [2.24, 2.45) is 0 Å². The Bertz CT molecular complexity index is 925. The van der Waals surface area contributed by atoms with E-state index in [1.54, 1.807) is 12.0 Å². The third-order valence-electron chi connectivity index (χ3n) is 4.24. The van der Waals surface area contributed by atoms with Crippen molar-refractivity contribution in [2.45, 2.75) is 6.42 Å². The zero-order chi connectivity index (χ0) is 19.4. The van der Waals surface area contributed by atoms with Crippen molar-refractivity contribution in [3.05, 3.63) is 53.1 Å². The van der Waals surface area contributed by atoms with E-state index in [1.165, 1.54) is 16.2 Å². The summed E-state index contributed by atoms with van der Waals surface area (Å²) in [6, 6.07) is 13.3. The van der Waals surface area contributed by atoms with Gasteiger partial charge in [-0.1, -0.05) is 41.1 Å². The van der Waals surface area contributed by atoms with Crippen molar-refractivity contribution in [1.29, 1.82) is 0 Å². The van der Waals surface area contributed by atoms with E-state index in [4.69, 9.17) is 16.3 Å². The predicted octanol–water partition coefficient (Wildman–Crippen LogP) is 2.68. The summed E-state index contributed by atoms with van der Waals surface area (Å²) in [6.45, 7) is 1.44. The second kappa shape index (κ2) is 8.69. The third-order valence-corrected chi connectivity index (χ3v) is 5.59. The minimum atomic E-state index is 0.0246. The molecule has 0 aliphatic carbocycles. The molecule has 1 heterocycles. The molecular weight excluding hydrogens is 382 g/mol. The molecule has 0 atom stereocenters. The number of quaternary nitrogens is 1. The molecular formula is C20H23ClN3O2S+. The van der Waals surface area contributed by atoms with E-state index >= 15 is 0 Å². The lowest BCUT2D eigenvalue weighted by Crippen LogP contribution is -3.06. The first-order valence-electron chi connectivity index (χ1n) is 8.75. The summed E-state index contributed by atoms with van der Waals surface area (Å²) < 4.78 is 6.17. The number of hydrogen-bond acceptors (Lipinski definition) is 4. The average molecular weight is 405 g/mol. The second-order valence-electron chi connectivity index (χ2n) is 6.61. The molecule has 5 nitrogen and oxygen atoms in total. The summed E-state index contributed by atoms with van der Waals surface area (Å²) in [4.78, 5) is 20.8. The first-order valence-corrected chi connectivity index (χ1v) is 9.94. The molecule has 0 aliphatic rings. The number of halogens is 1. The molecule has 0 saturated carbocycles. The van der Waals surface area contributed by atoms with Gasteiger partial charge in [-0.15, -0.1) is 0 Å². The summed E-state index contributed by atoms with van der Waals surface area (Å²) in [5, 5.41) is 1.30. The summed E-state index contributed by atoms with van der Waals surface area (Å²) >= 11 is 7.76. The number of benzene rings is 2. The number of amides is 1. The number of fused-ring (bicyclic) bond motifs is 1. The van der Waals surface area contributed by atoms with E-state index in [0.29, 0.717) is 23.1 Å². The highest BCUT2D eigenvalue weighted by atomic mass is 35.5. The lowest BCUT2D eigenvalue weighted by Gasteiger charge is -2.20. The molecule has 3 rings (SSSR count). The van der Waals surface area contributed by atoms with Crippen LogP contribution in [0.5, 0.6) is 5.75 Å². The number of nitrogens with one attached hydrogen (secondary N) is 1. The number of rotatable bonds is 7. The monoisotopic (exact) mass is 404 g/mol. The van der Waals surface area contributed by atoms with E-state index < -0.39 is 0 Å². The number of anilines is 1. The Hall–Kier alpha value is -2.15. The maximum Gasteiger partial charge on any atom is 0.233 e. The summed E-state index contributed by atoms with van der Waals surface area (Å²) in [6.07, 6.45) is 0.316. The highest BCUT2D eigenvalue weighted by Gasteiger charge is 2.21. The van der Waals surface area contributed by atoms with Crippen LogP contribution < -0.4 is 14.5 Å². The highest BCUT2D eigenvalue weighted by molar-refractivity contribution is 7.22. The van der Waals surface area contributed by atoms with Gasteiger partial charge in [0.1, 0.15) is 11.3 Å². The Kier molecular flexibility index (Phi) is 6.31. The number of ether oxygens (including phenoxy) is 1. The summed E-state index contributed by atoms with van der Waals surface area (Å²) in [7, 11) is 5.77. The number of likely N-dealkylation sites (N-methyl/N-ethyl adjacent to an activating group) is 1. The normalized spacial score (nSPS) is 11.1. The number of hydrogen-bond donors (Lipinski definition) is 1. The van der Waals surface area contributed by atoms with Crippen molar-refractivity contribution < 1.29 is 14.4 Å². The lowest BCUT2D eigenvalue weighted by molar-refractivity contribution is -0.856. The number of nitrogens with zero attached hydrogens (tertiary/aromatic N) is 2. The first kappa shape index (κ1) is 19.6. The van der Waals surface area contributed by atoms with Crippen molar-refractivity contribution in [3.8, 4) is 5.75 Å². The average Bonchev–Trinajstić information content (AvgIpc) is 3.07. The minimum Gasteiger partial charge on any atom is -0.497 e. The Morgan fingerprint density at radius 2 is 1.96 bits per heavy atom. The number of aromatic nitrogens is 1. The van der Waals surface area contributed by atoms with Gasteiger partial charge in [0.15, 0.2) is 5.13 Å². The van der Waals surface area contributed by atoms with Crippen LogP contribution in [-0.4, -0.2) is 45.2 Å². The molecule has 27 heavy (non-hydrogen) atoms. The van der Waals surface area contributed by atoms with Gasteiger partial charge in [-0.2, -0.15) is 0 Å². The van der Waals surface area contributed by atoms with Gasteiger partial charge in [0, 0.05) is 0 Å².